The van der Waals surface area contributed by atoms with E-state index in [1.54, 1.807) is 0 Å². The Morgan fingerprint density at radius 1 is 1.07 bits per heavy atom. The van der Waals surface area contributed by atoms with Crippen molar-refractivity contribution in [1.29, 1.82) is 0 Å². The van der Waals surface area contributed by atoms with E-state index in [1.807, 2.05) is 32.9 Å². The van der Waals surface area contributed by atoms with E-state index in [-0.39, 0.29) is 5.97 Å². The van der Waals surface area contributed by atoms with Crippen LogP contribution in [0, 0.1) is 6.92 Å². The molecule has 6 heteroatoms. The zero-order valence-corrected chi connectivity index (χ0v) is 18.8. The molecule has 2 heterocycles. The van der Waals surface area contributed by atoms with Crippen molar-refractivity contribution in [2.45, 2.75) is 84.8 Å². The minimum Gasteiger partial charge on any atom is -0.469 e. The van der Waals surface area contributed by atoms with Gasteiger partial charge in [-0.25, -0.2) is 4.98 Å². The van der Waals surface area contributed by atoms with Crippen LogP contribution in [0.4, 0.5) is 5.82 Å². The van der Waals surface area contributed by atoms with E-state index in [0.29, 0.717) is 17.8 Å². The second kappa shape index (κ2) is 14.1. The summed E-state index contributed by atoms with van der Waals surface area (Å²) in [4.78, 5) is 27.3. The molecule has 2 aliphatic rings. The average Bonchev–Trinajstić information content (AvgIpc) is 2.77. The molecule has 0 unspecified atom stereocenters. The number of rotatable bonds is 4. The van der Waals surface area contributed by atoms with E-state index < -0.39 is 0 Å². The van der Waals surface area contributed by atoms with Gasteiger partial charge in [-0.2, -0.15) is 0 Å². The van der Waals surface area contributed by atoms with Crippen molar-refractivity contribution in [3.63, 3.8) is 0 Å². The molecule has 0 amide bonds. The summed E-state index contributed by atoms with van der Waals surface area (Å²) in [6.45, 7) is 9.24. The Hall–Kier alpha value is -1.95. The molecule has 1 aliphatic carbocycles. The van der Waals surface area contributed by atoms with Gasteiger partial charge in [-0.05, 0) is 44.7 Å². The van der Waals surface area contributed by atoms with Crippen LogP contribution in [0.1, 0.15) is 81.8 Å². The summed E-state index contributed by atoms with van der Waals surface area (Å²) in [5, 5.41) is 0. The van der Waals surface area contributed by atoms with Crippen LogP contribution < -0.4 is 4.90 Å². The van der Waals surface area contributed by atoms with Crippen LogP contribution in [-0.2, 0) is 14.3 Å². The smallest absolute Gasteiger partial charge is 0.302 e. The summed E-state index contributed by atoms with van der Waals surface area (Å²) in [7, 11) is 1.35. The van der Waals surface area contributed by atoms with E-state index in [4.69, 9.17) is 4.74 Å². The lowest BCUT2D eigenvalue weighted by Gasteiger charge is -2.35. The topological polar surface area (TPSA) is 68.7 Å². The lowest BCUT2D eigenvalue weighted by molar-refractivity contribution is -0.137. The number of aromatic nitrogens is 1. The Balaban J connectivity index is 0.000000527. The number of pyridine rings is 1. The summed E-state index contributed by atoms with van der Waals surface area (Å²) >= 11 is 0. The first kappa shape index (κ1) is 25.1. The van der Waals surface area contributed by atoms with Crippen LogP contribution >= 0.6 is 0 Å². The number of piperidine rings is 1. The van der Waals surface area contributed by atoms with Gasteiger partial charge in [0.2, 0.25) is 0 Å². The molecule has 1 aromatic rings. The summed E-state index contributed by atoms with van der Waals surface area (Å²) in [6.07, 6.45) is 10.5. The summed E-state index contributed by atoms with van der Waals surface area (Å²) in [5.41, 5.74) is 1.49. The molecule has 29 heavy (non-hydrogen) atoms. The van der Waals surface area contributed by atoms with Crippen molar-refractivity contribution in [2.24, 2.45) is 0 Å². The second-order valence-electron chi connectivity index (χ2n) is 7.24. The van der Waals surface area contributed by atoms with Crippen LogP contribution in [0.3, 0.4) is 0 Å². The molecule has 1 aliphatic heterocycles. The van der Waals surface area contributed by atoms with Gasteiger partial charge in [-0.15, -0.1) is 0 Å². The molecule has 0 atom stereocenters. The Kier molecular flexibility index (Phi) is 12.2. The standard InChI is InChI=1S/C18H26N2O2.C3H6O2.C2H6/c1-14-15(13-21)7-8-18(19-14)20-11-9-17(10-12-20)22-16-5-3-2-4-6-16;1-3(4)5-2;1-2/h7-8,13,16-17H,2-6,9-12H2,1H3;1-2H3;1-2H3. The van der Waals surface area contributed by atoms with Crippen molar-refractivity contribution >= 4 is 18.1 Å². The number of hydrogen-bond donors (Lipinski definition) is 0. The lowest BCUT2D eigenvalue weighted by atomic mass is 9.97. The molecule has 0 N–H and O–H groups in total. The number of ether oxygens (including phenoxy) is 2. The first-order valence-corrected chi connectivity index (χ1v) is 10.9. The van der Waals surface area contributed by atoms with Crippen LogP contribution in [0.5, 0.6) is 0 Å². The molecular weight excluding hydrogens is 368 g/mol. The first-order valence-electron chi connectivity index (χ1n) is 10.9. The molecule has 0 bridgehead atoms. The number of nitrogens with zero attached hydrogens (tertiary/aromatic N) is 2. The van der Waals surface area contributed by atoms with Crippen molar-refractivity contribution in [2.75, 3.05) is 25.1 Å². The van der Waals surface area contributed by atoms with E-state index in [0.717, 1.165) is 43.7 Å². The number of carbonyl (C=O) groups is 2. The monoisotopic (exact) mass is 406 g/mol. The van der Waals surface area contributed by atoms with Crippen LogP contribution in [0.25, 0.3) is 0 Å². The highest BCUT2D eigenvalue weighted by Gasteiger charge is 2.24. The molecule has 1 aromatic heterocycles. The molecule has 1 saturated heterocycles. The summed E-state index contributed by atoms with van der Waals surface area (Å²) < 4.78 is 10.4. The molecule has 3 rings (SSSR count). The molecule has 164 valence electrons. The Morgan fingerprint density at radius 3 is 2.10 bits per heavy atom. The molecule has 0 spiro atoms. The van der Waals surface area contributed by atoms with Gasteiger partial charge in [0.1, 0.15) is 5.82 Å². The first-order chi connectivity index (χ1) is 14.0. The third-order valence-corrected chi connectivity index (χ3v) is 5.23. The molecular formula is C23H38N2O4. The Morgan fingerprint density at radius 2 is 1.62 bits per heavy atom. The predicted molar refractivity (Wildman–Crippen MR) is 117 cm³/mol. The van der Waals surface area contributed by atoms with Gasteiger partial charge in [0.25, 0.3) is 0 Å². The van der Waals surface area contributed by atoms with E-state index in [9.17, 15) is 9.59 Å². The van der Waals surface area contributed by atoms with Gasteiger partial charge >= 0.3 is 5.97 Å². The normalized spacial score (nSPS) is 17.3. The Labute approximate surface area is 176 Å². The lowest BCUT2D eigenvalue weighted by Crippen LogP contribution is -2.39. The van der Waals surface area contributed by atoms with Crippen LogP contribution in [0.15, 0.2) is 12.1 Å². The fourth-order valence-corrected chi connectivity index (χ4v) is 3.55. The Bertz CT molecular complexity index is 607. The SMILES string of the molecule is CC.COC(C)=O.Cc1nc(N2CCC(OC3CCCCC3)CC2)ccc1C=O. The third kappa shape index (κ3) is 8.94. The van der Waals surface area contributed by atoms with Crippen LogP contribution in [-0.4, -0.2) is 49.6 Å². The number of aryl methyl sites for hydroxylation is 1. The number of esters is 1. The maximum Gasteiger partial charge on any atom is 0.302 e. The molecule has 6 nitrogen and oxygen atoms in total. The van der Waals surface area contributed by atoms with Crippen molar-refractivity contribution < 1.29 is 19.1 Å². The molecule has 0 aromatic carbocycles. The zero-order valence-electron chi connectivity index (χ0n) is 18.8. The summed E-state index contributed by atoms with van der Waals surface area (Å²) in [6, 6.07) is 3.83. The van der Waals surface area contributed by atoms with Gasteiger partial charge in [-0.3, -0.25) is 9.59 Å². The van der Waals surface area contributed by atoms with Gasteiger partial charge in [0, 0.05) is 25.6 Å². The fraction of sp³-hybridized carbons (Fsp3) is 0.696. The number of aldehydes is 1. The van der Waals surface area contributed by atoms with Crippen molar-refractivity contribution in [3.8, 4) is 0 Å². The molecule has 0 radical (unpaired) electrons. The van der Waals surface area contributed by atoms with E-state index in [1.165, 1.54) is 46.1 Å². The highest BCUT2D eigenvalue weighted by molar-refractivity contribution is 5.76. The number of carbonyl (C=O) groups excluding carboxylic acids is 2. The van der Waals surface area contributed by atoms with Gasteiger partial charge < -0.3 is 14.4 Å². The minimum atomic E-state index is -0.245. The third-order valence-electron chi connectivity index (χ3n) is 5.23. The average molecular weight is 407 g/mol. The zero-order chi connectivity index (χ0) is 21.6. The maximum absolute atomic E-state index is 10.9. The quantitative estimate of drug-likeness (QED) is 0.532. The van der Waals surface area contributed by atoms with Crippen molar-refractivity contribution in [3.05, 3.63) is 23.4 Å². The largest absolute Gasteiger partial charge is 0.469 e. The van der Waals surface area contributed by atoms with E-state index >= 15 is 0 Å². The second-order valence-corrected chi connectivity index (χ2v) is 7.24. The minimum absolute atomic E-state index is 0.245. The van der Waals surface area contributed by atoms with Gasteiger partial charge in [0.15, 0.2) is 6.29 Å². The fourth-order valence-electron chi connectivity index (χ4n) is 3.55. The maximum atomic E-state index is 10.9. The highest BCUT2D eigenvalue weighted by Crippen LogP contribution is 2.26. The highest BCUT2D eigenvalue weighted by atomic mass is 16.5. The number of methoxy groups -OCH3 is 1. The summed E-state index contributed by atoms with van der Waals surface area (Å²) in [5.74, 6) is 0.740. The van der Waals surface area contributed by atoms with Crippen LogP contribution in [0.2, 0.25) is 0 Å². The van der Waals surface area contributed by atoms with Crippen molar-refractivity contribution in [1.82, 2.24) is 4.98 Å². The molecule has 2 fully saturated rings. The van der Waals surface area contributed by atoms with E-state index in [2.05, 4.69) is 14.6 Å². The predicted octanol–water partition coefficient (Wildman–Crippen LogP) is 4.73. The number of anilines is 1. The van der Waals surface area contributed by atoms with Gasteiger partial charge in [0.05, 0.1) is 25.0 Å². The van der Waals surface area contributed by atoms with Gasteiger partial charge in [-0.1, -0.05) is 33.1 Å². The number of hydrogen-bond acceptors (Lipinski definition) is 6. The molecule has 1 saturated carbocycles.